The molecule has 0 amide bonds. The summed E-state index contributed by atoms with van der Waals surface area (Å²) in [4.78, 5) is 12.2. The molecule has 4 nitrogen and oxygen atoms in total. The van der Waals surface area contributed by atoms with Crippen molar-refractivity contribution in [1.82, 2.24) is 0 Å². The summed E-state index contributed by atoms with van der Waals surface area (Å²) in [6, 6.07) is 13.5. The molecule has 29 heavy (non-hydrogen) atoms. The van der Waals surface area contributed by atoms with Crippen LogP contribution in [0.1, 0.15) is 29.3 Å². The third-order valence-electron chi connectivity index (χ3n) is 4.26. The van der Waals surface area contributed by atoms with Crippen LogP contribution >= 0.6 is 0 Å². The lowest BCUT2D eigenvalue weighted by molar-refractivity contribution is 0.0731. The Bertz CT molecular complexity index is 976. The van der Waals surface area contributed by atoms with Crippen molar-refractivity contribution >= 4 is 5.97 Å². The summed E-state index contributed by atoms with van der Waals surface area (Å²) in [7, 11) is 1.56. The van der Waals surface area contributed by atoms with Crippen LogP contribution in [-0.2, 0) is 4.74 Å². The first-order chi connectivity index (χ1) is 14.1. The minimum Gasteiger partial charge on any atom is -0.497 e. The largest absolute Gasteiger partial charge is 0.497 e. The van der Waals surface area contributed by atoms with Crippen LogP contribution in [0.2, 0.25) is 0 Å². The Kier molecular flexibility index (Phi) is 6.83. The van der Waals surface area contributed by atoms with Crippen LogP contribution in [0.4, 0.5) is 4.39 Å². The monoisotopic (exact) mass is 392 g/mol. The van der Waals surface area contributed by atoms with Crippen molar-refractivity contribution in [2.75, 3.05) is 13.7 Å². The number of esters is 1. The number of hydrogen-bond donors (Lipinski definition) is 0. The van der Waals surface area contributed by atoms with Gasteiger partial charge in [-0.05, 0) is 68.0 Å². The molecular formula is C24H21FO4. The second kappa shape index (κ2) is 9.72. The van der Waals surface area contributed by atoms with Gasteiger partial charge in [-0.2, -0.15) is 0 Å². The van der Waals surface area contributed by atoms with Crippen molar-refractivity contribution in [3.05, 3.63) is 83.2 Å². The van der Waals surface area contributed by atoms with Crippen molar-refractivity contribution in [2.24, 2.45) is 0 Å². The van der Waals surface area contributed by atoms with Gasteiger partial charge in [-0.15, -0.1) is 0 Å². The van der Waals surface area contributed by atoms with Gasteiger partial charge in [-0.3, -0.25) is 0 Å². The van der Waals surface area contributed by atoms with Crippen LogP contribution in [0.15, 0.2) is 72.1 Å². The van der Waals surface area contributed by atoms with E-state index in [1.54, 1.807) is 55.6 Å². The summed E-state index contributed by atoms with van der Waals surface area (Å²) in [5.41, 5.74) is 1.78. The van der Waals surface area contributed by atoms with Crippen molar-refractivity contribution in [2.45, 2.75) is 19.4 Å². The lowest BCUT2D eigenvalue weighted by Gasteiger charge is -2.16. The van der Waals surface area contributed by atoms with Gasteiger partial charge in [0.1, 0.15) is 23.4 Å². The molecule has 0 aromatic heterocycles. The van der Waals surface area contributed by atoms with Gasteiger partial charge < -0.3 is 14.2 Å². The molecule has 0 spiro atoms. The number of methoxy groups -OCH3 is 1. The maximum Gasteiger partial charge on any atom is 0.343 e. The van der Waals surface area contributed by atoms with Gasteiger partial charge in [0.05, 0.1) is 12.7 Å². The van der Waals surface area contributed by atoms with Crippen LogP contribution in [0, 0.1) is 11.8 Å². The van der Waals surface area contributed by atoms with Crippen LogP contribution in [-0.4, -0.2) is 25.8 Å². The van der Waals surface area contributed by atoms with Crippen LogP contribution in [0.3, 0.4) is 0 Å². The average Bonchev–Trinajstić information content (AvgIpc) is 2.75. The molecule has 0 fully saturated rings. The van der Waals surface area contributed by atoms with Crippen LogP contribution in [0.25, 0.3) is 0 Å². The summed E-state index contributed by atoms with van der Waals surface area (Å²) < 4.78 is 29.7. The van der Waals surface area contributed by atoms with Crippen molar-refractivity contribution in [1.29, 1.82) is 0 Å². The molecule has 1 unspecified atom stereocenters. The lowest BCUT2D eigenvalue weighted by atomic mass is 10.0. The third-order valence-corrected chi connectivity index (χ3v) is 4.26. The first-order valence-electron chi connectivity index (χ1n) is 9.26. The number of hydrogen-bond acceptors (Lipinski definition) is 4. The molecule has 1 aliphatic carbocycles. The van der Waals surface area contributed by atoms with Gasteiger partial charge in [-0.1, -0.05) is 17.9 Å². The summed E-state index contributed by atoms with van der Waals surface area (Å²) >= 11 is 0. The quantitative estimate of drug-likeness (QED) is 0.414. The molecular weight excluding hydrogens is 371 g/mol. The number of carbonyl (C=O) groups excluding carboxylic acids is 1. The zero-order chi connectivity index (χ0) is 20.6. The fraction of sp³-hybridized carbons (Fsp3) is 0.208. The Morgan fingerprint density at radius 2 is 1.76 bits per heavy atom. The SMILES string of the molecule is CCOC1CC=C(C#Cc2ccc(OC(=O)c3ccc(OC)cc3)cc2)C=C1F. The van der Waals surface area contributed by atoms with E-state index in [1.165, 1.54) is 6.08 Å². The highest BCUT2D eigenvalue weighted by Crippen LogP contribution is 2.22. The summed E-state index contributed by atoms with van der Waals surface area (Å²) in [6.07, 6.45) is 3.23. The molecule has 2 aromatic rings. The molecule has 3 rings (SSSR count). The predicted molar refractivity (Wildman–Crippen MR) is 109 cm³/mol. The summed E-state index contributed by atoms with van der Waals surface area (Å²) in [6.45, 7) is 2.31. The average molecular weight is 392 g/mol. The Balaban J connectivity index is 1.61. The van der Waals surface area contributed by atoms with Gasteiger partial charge in [0.2, 0.25) is 0 Å². The van der Waals surface area contributed by atoms with E-state index in [-0.39, 0.29) is 5.83 Å². The molecule has 0 heterocycles. The molecule has 0 bridgehead atoms. The van der Waals surface area contributed by atoms with E-state index in [4.69, 9.17) is 14.2 Å². The fourth-order valence-corrected chi connectivity index (χ4v) is 2.73. The Hall–Kier alpha value is -3.36. The van der Waals surface area contributed by atoms with E-state index in [0.29, 0.717) is 35.7 Å². The topological polar surface area (TPSA) is 44.8 Å². The zero-order valence-electron chi connectivity index (χ0n) is 16.3. The predicted octanol–water partition coefficient (Wildman–Crippen LogP) is 4.85. The van der Waals surface area contributed by atoms with Crippen LogP contribution < -0.4 is 9.47 Å². The first kappa shape index (κ1) is 20.4. The van der Waals surface area contributed by atoms with E-state index >= 15 is 0 Å². The molecule has 0 saturated carbocycles. The minimum absolute atomic E-state index is 0.306. The maximum absolute atomic E-state index is 13.9. The number of halogens is 1. The Morgan fingerprint density at radius 1 is 1.07 bits per heavy atom. The molecule has 0 saturated heterocycles. The number of rotatable bonds is 5. The van der Waals surface area contributed by atoms with Gasteiger partial charge in [0.25, 0.3) is 0 Å². The molecule has 1 aliphatic rings. The van der Waals surface area contributed by atoms with E-state index in [2.05, 4.69) is 11.8 Å². The molecule has 148 valence electrons. The van der Waals surface area contributed by atoms with Crippen molar-refractivity contribution in [3.8, 4) is 23.3 Å². The number of ether oxygens (including phenoxy) is 3. The number of benzene rings is 2. The van der Waals surface area contributed by atoms with E-state index in [1.807, 2.05) is 13.0 Å². The second-order valence-corrected chi connectivity index (χ2v) is 6.26. The molecule has 0 radical (unpaired) electrons. The number of allylic oxidation sites excluding steroid dienone is 2. The molecule has 1 atom stereocenters. The molecule has 2 aromatic carbocycles. The molecule has 0 aliphatic heterocycles. The van der Waals surface area contributed by atoms with Gasteiger partial charge in [0.15, 0.2) is 0 Å². The maximum atomic E-state index is 13.9. The Labute approximate surface area is 169 Å². The van der Waals surface area contributed by atoms with E-state index in [0.717, 1.165) is 5.56 Å². The summed E-state index contributed by atoms with van der Waals surface area (Å²) in [5, 5.41) is 0. The van der Waals surface area contributed by atoms with Gasteiger partial charge in [-0.25, -0.2) is 9.18 Å². The van der Waals surface area contributed by atoms with Crippen molar-refractivity contribution in [3.63, 3.8) is 0 Å². The standard InChI is InChI=1S/C24H21FO4/c1-3-28-23-15-8-18(16-22(23)25)5-4-17-6-11-21(12-7-17)29-24(26)19-9-13-20(27-2)14-10-19/h6-14,16,23H,3,15H2,1-2H3. The minimum atomic E-state index is -0.509. The lowest BCUT2D eigenvalue weighted by Crippen LogP contribution is -2.15. The third kappa shape index (κ3) is 5.56. The second-order valence-electron chi connectivity index (χ2n) is 6.26. The van der Waals surface area contributed by atoms with Crippen LogP contribution in [0.5, 0.6) is 11.5 Å². The first-order valence-corrected chi connectivity index (χ1v) is 9.26. The van der Waals surface area contributed by atoms with E-state index < -0.39 is 12.1 Å². The molecule has 5 heteroatoms. The zero-order valence-corrected chi connectivity index (χ0v) is 16.3. The summed E-state index contributed by atoms with van der Waals surface area (Å²) in [5.74, 6) is 6.25. The number of carbonyl (C=O) groups is 1. The fourth-order valence-electron chi connectivity index (χ4n) is 2.73. The van der Waals surface area contributed by atoms with Gasteiger partial charge in [0, 0.05) is 17.7 Å². The van der Waals surface area contributed by atoms with Gasteiger partial charge >= 0.3 is 5.97 Å². The molecule has 0 N–H and O–H groups in total. The highest BCUT2D eigenvalue weighted by molar-refractivity contribution is 5.91. The van der Waals surface area contributed by atoms with E-state index in [9.17, 15) is 9.18 Å². The smallest absolute Gasteiger partial charge is 0.343 e. The highest BCUT2D eigenvalue weighted by Gasteiger charge is 2.17. The van der Waals surface area contributed by atoms with Crippen molar-refractivity contribution < 1.29 is 23.4 Å². The Morgan fingerprint density at radius 3 is 2.38 bits per heavy atom. The highest BCUT2D eigenvalue weighted by atomic mass is 19.1. The normalized spacial score (nSPS) is 15.5.